The van der Waals surface area contributed by atoms with Crippen LogP contribution >= 0.6 is 0 Å². The molecule has 6 heteroatoms. The third-order valence-electron chi connectivity index (χ3n) is 4.44. The molecule has 2 heterocycles. The Balaban J connectivity index is 1.85. The van der Waals surface area contributed by atoms with Gasteiger partial charge in [0.05, 0.1) is 11.1 Å². The van der Waals surface area contributed by atoms with Gasteiger partial charge in [-0.15, -0.1) is 0 Å². The molecule has 0 radical (unpaired) electrons. The summed E-state index contributed by atoms with van der Waals surface area (Å²) in [6.07, 6.45) is 1.54. The average molecular weight is 371 g/mol. The molecule has 6 nitrogen and oxygen atoms in total. The van der Waals surface area contributed by atoms with Crippen molar-refractivity contribution < 1.29 is 9.90 Å². The number of nitrogens with one attached hydrogen (secondary N) is 1. The second-order valence-corrected chi connectivity index (χ2v) is 6.24. The lowest BCUT2D eigenvalue weighted by atomic mass is 10.1. The fourth-order valence-electron chi connectivity index (χ4n) is 3.09. The number of amides is 1. The maximum atomic E-state index is 13.2. The highest BCUT2D eigenvalue weighted by atomic mass is 16.3. The lowest BCUT2D eigenvalue weighted by molar-refractivity contribution is 0.0946. The van der Waals surface area contributed by atoms with Crippen molar-refractivity contribution in [1.29, 1.82) is 0 Å². The Morgan fingerprint density at radius 3 is 2.36 bits per heavy atom. The number of para-hydroxylation sites is 1. The number of hydrogen-bond acceptors (Lipinski definition) is 4. The third kappa shape index (κ3) is 3.12. The Hall–Kier alpha value is -3.93. The van der Waals surface area contributed by atoms with E-state index in [0.717, 1.165) is 5.56 Å². The van der Waals surface area contributed by atoms with Crippen molar-refractivity contribution >= 4 is 16.9 Å². The molecule has 1 amide bonds. The zero-order chi connectivity index (χ0) is 19.5. The van der Waals surface area contributed by atoms with E-state index in [1.165, 1.54) is 10.8 Å². The van der Waals surface area contributed by atoms with Crippen LogP contribution in [0, 0.1) is 0 Å². The second-order valence-electron chi connectivity index (χ2n) is 6.24. The Labute approximate surface area is 160 Å². The van der Waals surface area contributed by atoms with Gasteiger partial charge in [-0.3, -0.25) is 14.2 Å². The van der Waals surface area contributed by atoms with Gasteiger partial charge in [0, 0.05) is 12.7 Å². The van der Waals surface area contributed by atoms with Gasteiger partial charge in [-0.1, -0.05) is 48.5 Å². The van der Waals surface area contributed by atoms with Crippen LogP contribution in [0.2, 0.25) is 0 Å². The zero-order valence-electron chi connectivity index (χ0n) is 14.9. The molecule has 4 aromatic rings. The summed E-state index contributed by atoms with van der Waals surface area (Å²) in [6.45, 7) is 0.245. The van der Waals surface area contributed by atoms with Crippen molar-refractivity contribution in [3.63, 3.8) is 0 Å². The van der Waals surface area contributed by atoms with Crippen molar-refractivity contribution in [1.82, 2.24) is 14.9 Å². The Kier molecular flexibility index (Phi) is 4.60. The Morgan fingerprint density at radius 2 is 1.64 bits per heavy atom. The highest BCUT2D eigenvalue weighted by Crippen LogP contribution is 2.26. The molecule has 0 atom stereocenters. The molecule has 0 aliphatic heterocycles. The molecule has 0 unspecified atom stereocenters. The number of aromatic nitrogens is 2. The first kappa shape index (κ1) is 17.5. The van der Waals surface area contributed by atoms with E-state index < -0.39 is 11.5 Å². The number of carbonyl (C=O) groups is 1. The third-order valence-corrected chi connectivity index (χ3v) is 4.44. The van der Waals surface area contributed by atoms with Gasteiger partial charge < -0.3 is 10.4 Å². The van der Waals surface area contributed by atoms with Gasteiger partial charge in [0.2, 0.25) is 0 Å². The molecule has 0 bridgehead atoms. The minimum atomic E-state index is -0.637. The van der Waals surface area contributed by atoms with Crippen LogP contribution in [0.25, 0.3) is 16.7 Å². The maximum absolute atomic E-state index is 13.2. The van der Waals surface area contributed by atoms with Crippen LogP contribution < -0.4 is 10.9 Å². The van der Waals surface area contributed by atoms with E-state index in [1.54, 1.807) is 36.4 Å². The SMILES string of the molecule is O=C(NCc1ccccc1)c1c(O)c2cccnc2n(-c2ccccc2)c1=O. The average Bonchev–Trinajstić information content (AvgIpc) is 2.74. The fourth-order valence-corrected chi connectivity index (χ4v) is 3.09. The topological polar surface area (TPSA) is 84.2 Å². The van der Waals surface area contributed by atoms with E-state index >= 15 is 0 Å². The summed E-state index contributed by atoms with van der Waals surface area (Å²) in [5.74, 6) is -1.01. The smallest absolute Gasteiger partial charge is 0.273 e. The predicted molar refractivity (Wildman–Crippen MR) is 107 cm³/mol. The predicted octanol–water partition coefficient (Wildman–Crippen LogP) is 3.02. The number of pyridine rings is 2. The summed E-state index contributed by atoms with van der Waals surface area (Å²) < 4.78 is 1.34. The van der Waals surface area contributed by atoms with Gasteiger partial charge in [0.1, 0.15) is 11.3 Å². The van der Waals surface area contributed by atoms with E-state index in [2.05, 4.69) is 10.3 Å². The molecule has 4 rings (SSSR count). The number of nitrogens with zero attached hydrogens (tertiary/aromatic N) is 2. The second kappa shape index (κ2) is 7.36. The molecule has 0 saturated carbocycles. The van der Waals surface area contributed by atoms with E-state index in [0.29, 0.717) is 11.1 Å². The van der Waals surface area contributed by atoms with Crippen LogP contribution in [-0.4, -0.2) is 20.6 Å². The molecule has 2 aromatic heterocycles. The molecule has 0 fully saturated rings. The van der Waals surface area contributed by atoms with Gasteiger partial charge >= 0.3 is 0 Å². The van der Waals surface area contributed by atoms with Crippen LogP contribution in [0.15, 0.2) is 83.8 Å². The monoisotopic (exact) mass is 371 g/mol. The van der Waals surface area contributed by atoms with Crippen LogP contribution in [0.3, 0.4) is 0 Å². The standard InChI is InChI=1S/C22H17N3O3/c26-19-17-12-7-13-23-20(17)25(16-10-5-2-6-11-16)22(28)18(19)21(27)24-14-15-8-3-1-4-9-15/h1-13,26H,14H2,(H,24,27). The summed E-state index contributed by atoms with van der Waals surface area (Å²) in [5, 5.41) is 13.7. The molecule has 28 heavy (non-hydrogen) atoms. The summed E-state index contributed by atoms with van der Waals surface area (Å²) in [6, 6.07) is 21.5. The zero-order valence-corrected chi connectivity index (χ0v) is 14.9. The van der Waals surface area contributed by atoms with Crippen LogP contribution in [0.1, 0.15) is 15.9 Å². The number of carbonyl (C=O) groups excluding carboxylic acids is 1. The first-order valence-corrected chi connectivity index (χ1v) is 8.77. The van der Waals surface area contributed by atoms with Gasteiger partial charge in [-0.2, -0.15) is 0 Å². The highest BCUT2D eigenvalue weighted by molar-refractivity contribution is 6.02. The van der Waals surface area contributed by atoms with Crippen LogP contribution in [-0.2, 0) is 6.54 Å². The van der Waals surface area contributed by atoms with Crippen molar-refractivity contribution in [3.05, 3.63) is 100 Å². The lowest BCUT2D eigenvalue weighted by Crippen LogP contribution is -2.33. The lowest BCUT2D eigenvalue weighted by Gasteiger charge is -2.14. The summed E-state index contributed by atoms with van der Waals surface area (Å²) in [7, 11) is 0. The van der Waals surface area contributed by atoms with Crippen molar-refractivity contribution in [2.45, 2.75) is 6.54 Å². The minimum Gasteiger partial charge on any atom is -0.506 e. The van der Waals surface area contributed by atoms with E-state index in [4.69, 9.17) is 0 Å². The Morgan fingerprint density at radius 1 is 0.964 bits per heavy atom. The molecule has 2 aromatic carbocycles. The summed E-state index contributed by atoms with van der Waals surface area (Å²) >= 11 is 0. The number of hydrogen-bond donors (Lipinski definition) is 2. The van der Waals surface area contributed by atoms with Crippen molar-refractivity contribution in [2.75, 3.05) is 0 Å². The molecule has 2 N–H and O–H groups in total. The van der Waals surface area contributed by atoms with E-state index in [9.17, 15) is 14.7 Å². The van der Waals surface area contributed by atoms with E-state index in [-0.39, 0.29) is 23.5 Å². The quantitative estimate of drug-likeness (QED) is 0.578. The fraction of sp³-hybridized carbons (Fsp3) is 0.0455. The van der Waals surface area contributed by atoms with Gasteiger partial charge in [0.15, 0.2) is 5.65 Å². The molecule has 138 valence electrons. The molecule has 0 aliphatic carbocycles. The van der Waals surface area contributed by atoms with Gasteiger partial charge in [0.25, 0.3) is 11.5 Å². The van der Waals surface area contributed by atoms with Crippen LogP contribution in [0.5, 0.6) is 5.75 Å². The number of rotatable bonds is 4. The van der Waals surface area contributed by atoms with Crippen molar-refractivity contribution in [2.24, 2.45) is 0 Å². The number of aromatic hydroxyl groups is 1. The summed E-state index contributed by atoms with van der Waals surface area (Å²) in [4.78, 5) is 30.2. The number of benzene rings is 2. The molecule has 0 saturated heterocycles. The minimum absolute atomic E-state index is 0.245. The molecular formula is C22H17N3O3. The molecule has 0 spiro atoms. The normalized spacial score (nSPS) is 10.7. The molecular weight excluding hydrogens is 354 g/mol. The Bertz CT molecular complexity index is 1200. The largest absolute Gasteiger partial charge is 0.506 e. The number of fused-ring (bicyclic) bond motifs is 1. The first-order chi connectivity index (χ1) is 13.7. The van der Waals surface area contributed by atoms with Crippen LogP contribution in [0.4, 0.5) is 0 Å². The summed E-state index contributed by atoms with van der Waals surface area (Å²) in [5.41, 5.74) is 0.811. The van der Waals surface area contributed by atoms with Gasteiger partial charge in [-0.05, 0) is 29.8 Å². The first-order valence-electron chi connectivity index (χ1n) is 8.77. The van der Waals surface area contributed by atoms with Gasteiger partial charge in [-0.25, -0.2) is 4.98 Å². The van der Waals surface area contributed by atoms with E-state index in [1.807, 2.05) is 36.4 Å². The molecule has 0 aliphatic rings. The highest BCUT2D eigenvalue weighted by Gasteiger charge is 2.23. The maximum Gasteiger partial charge on any atom is 0.273 e. The van der Waals surface area contributed by atoms with Crippen molar-refractivity contribution in [3.8, 4) is 11.4 Å².